The monoisotopic (exact) mass is 275 g/mol. The molecule has 5 nitrogen and oxygen atoms in total. The lowest BCUT2D eigenvalue weighted by atomic mass is 10.1. The lowest BCUT2D eigenvalue weighted by molar-refractivity contribution is 0.199. The first kappa shape index (κ1) is 14.6. The molecule has 1 heterocycles. The predicted molar refractivity (Wildman–Crippen MR) is 78.9 cm³/mol. The van der Waals surface area contributed by atoms with Crippen molar-refractivity contribution in [2.45, 2.75) is 13.5 Å². The Morgan fingerprint density at radius 2 is 2.15 bits per heavy atom. The van der Waals surface area contributed by atoms with Crippen molar-refractivity contribution < 1.29 is 9.47 Å². The minimum Gasteiger partial charge on any atom is -0.496 e. The number of nitrogens with one attached hydrogen (secondary N) is 2. The van der Waals surface area contributed by atoms with Crippen LogP contribution < -0.4 is 10.1 Å². The Balaban J connectivity index is 2.08. The average Bonchev–Trinajstić information content (AvgIpc) is 2.92. The molecule has 0 unspecified atom stereocenters. The van der Waals surface area contributed by atoms with Crippen LogP contribution in [0.4, 0.5) is 0 Å². The lowest BCUT2D eigenvalue weighted by Gasteiger charge is -2.07. The van der Waals surface area contributed by atoms with Crippen LogP contribution in [0.1, 0.15) is 11.3 Å². The SMILES string of the molecule is COCCNCc1cnc(-c2ccc(C)cc2OC)[nH]1. The van der Waals surface area contributed by atoms with Gasteiger partial charge in [-0.15, -0.1) is 0 Å². The molecule has 0 atom stereocenters. The molecule has 1 aromatic heterocycles. The summed E-state index contributed by atoms with van der Waals surface area (Å²) in [5.74, 6) is 1.66. The number of aromatic nitrogens is 2. The van der Waals surface area contributed by atoms with E-state index in [9.17, 15) is 0 Å². The number of H-pyrrole nitrogens is 1. The Hall–Kier alpha value is -1.85. The van der Waals surface area contributed by atoms with Crippen LogP contribution in [-0.4, -0.2) is 37.3 Å². The number of aromatic amines is 1. The molecule has 0 fully saturated rings. The fraction of sp³-hybridized carbons (Fsp3) is 0.400. The molecule has 0 spiro atoms. The van der Waals surface area contributed by atoms with Crippen molar-refractivity contribution in [1.29, 1.82) is 0 Å². The molecule has 2 N–H and O–H groups in total. The van der Waals surface area contributed by atoms with Crippen LogP contribution in [0.15, 0.2) is 24.4 Å². The molecular formula is C15H21N3O2. The summed E-state index contributed by atoms with van der Waals surface area (Å²) in [6, 6.07) is 6.08. The van der Waals surface area contributed by atoms with Gasteiger partial charge in [0.25, 0.3) is 0 Å². The second kappa shape index (κ2) is 7.07. The van der Waals surface area contributed by atoms with Gasteiger partial charge in [0.1, 0.15) is 11.6 Å². The van der Waals surface area contributed by atoms with E-state index in [0.717, 1.165) is 35.9 Å². The van der Waals surface area contributed by atoms with Gasteiger partial charge in [-0.25, -0.2) is 4.98 Å². The first-order chi connectivity index (χ1) is 9.74. The van der Waals surface area contributed by atoms with E-state index < -0.39 is 0 Å². The Kier molecular flexibility index (Phi) is 5.15. The third-order valence-corrected chi connectivity index (χ3v) is 3.04. The van der Waals surface area contributed by atoms with Gasteiger partial charge in [0, 0.05) is 32.1 Å². The van der Waals surface area contributed by atoms with E-state index in [1.807, 2.05) is 25.3 Å². The van der Waals surface area contributed by atoms with Gasteiger partial charge in [-0.3, -0.25) is 0 Å². The highest BCUT2D eigenvalue weighted by Crippen LogP contribution is 2.28. The molecule has 0 saturated heterocycles. The van der Waals surface area contributed by atoms with Crippen LogP contribution >= 0.6 is 0 Å². The van der Waals surface area contributed by atoms with Crippen LogP contribution in [-0.2, 0) is 11.3 Å². The maximum absolute atomic E-state index is 5.41. The van der Waals surface area contributed by atoms with E-state index in [-0.39, 0.29) is 0 Å². The number of hydrogen-bond acceptors (Lipinski definition) is 4. The maximum Gasteiger partial charge on any atom is 0.141 e. The molecule has 0 bridgehead atoms. The summed E-state index contributed by atoms with van der Waals surface area (Å²) in [6.45, 7) is 4.30. The van der Waals surface area contributed by atoms with Gasteiger partial charge in [-0.1, -0.05) is 6.07 Å². The number of nitrogens with zero attached hydrogens (tertiary/aromatic N) is 1. The summed E-state index contributed by atoms with van der Waals surface area (Å²) in [4.78, 5) is 7.72. The summed E-state index contributed by atoms with van der Waals surface area (Å²) in [7, 11) is 3.37. The highest BCUT2D eigenvalue weighted by Gasteiger charge is 2.09. The van der Waals surface area contributed by atoms with Crippen LogP contribution in [0.3, 0.4) is 0 Å². The number of ether oxygens (including phenoxy) is 2. The summed E-state index contributed by atoms with van der Waals surface area (Å²) >= 11 is 0. The molecule has 20 heavy (non-hydrogen) atoms. The van der Waals surface area contributed by atoms with Crippen LogP contribution in [0.25, 0.3) is 11.4 Å². The van der Waals surface area contributed by atoms with Crippen molar-refractivity contribution in [2.75, 3.05) is 27.4 Å². The van der Waals surface area contributed by atoms with Gasteiger partial charge in [-0.2, -0.15) is 0 Å². The van der Waals surface area contributed by atoms with E-state index in [1.54, 1.807) is 14.2 Å². The maximum atomic E-state index is 5.41. The lowest BCUT2D eigenvalue weighted by Crippen LogP contribution is -2.18. The summed E-state index contributed by atoms with van der Waals surface area (Å²) in [6.07, 6.45) is 1.84. The minimum absolute atomic E-state index is 0.701. The van der Waals surface area contributed by atoms with Crippen LogP contribution in [0.5, 0.6) is 5.75 Å². The first-order valence-electron chi connectivity index (χ1n) is 6.63. The topological polar surface area (TPSA) is 59.2 Å². The molecule has 0 aliphatic rings. The number of rotatable bonds is 7. The van der Waals surface area contributed by atoms with Gasteiger partial charge >= 0.3 is 0 Å². The number of benzene rings is 1. The van der Waals surface area contributed by atoms with Crippen molar-refractivity contribution in [2.24, 2.45) is 0 Å². The summed E-state index contributed by atoms with van der Waals surface area (Å²) < 4.78 is 10.4. The molecule has 0 saturated carbocycles. The highest BCUT2D eigenvalue weighted by atomic mass is 16.5. The molecular weight excluding hydrogens is 254 g/mol. The Bertz CT molecular complexity index is 552. The number of hydrogen-bond donors (Lipinski definition) is 2. The molecule has 0 aliphatic heterocycles. The fourth-order valence-electron chi connectivity index (χ4n) is 1.98. The highest BCUT2D eigenvalue weighted by molar-refractivity contribution is 5.65. The molecule has 0 aliphatic carbocycles. The minimum atomic E-state index is 0.701. The fourth-order valence-corrected chi connectivity index (χ4v) is 1.98. The van der Waals surface area contributed by atoms with Gasteiger partial charge < -0.3 is 19.8 Å². The zero-order valence-electron chi connectivity index (χ0n) is 12.2. The van der Waals surface area contributed by atoms with Crippen molar-refractivity contribution >= 4 is 0 Å². The smallest absolute Gasteiger partial charge is 0.141 e. The van der Waals surface area contributed by atoms with Crippen molar-refractivity contribution in [3.05, 3.63) is 35.7 Å². The second-order valence-electron chi connectivity index (χ2n) is 4.63. The Morgan fingerprint density at radius 3 is 2.90 bits per heavy atom. The standard InChI is InChI=1S/C15H21N3O2/c1-11-4-5-13(14(8-11)20-3)15-17-10-12(18-15)9-16-6-7-19-2/h4-5,8,10,16H,6-7,9H2,1-3H3,(H,17,18). The normalized spacial score (nSPS) is 10.8. The van der Waals surface area contributed by atoms with Gasteiger partial charge in [-0.05, 0) is 24.6 Å². The molecule has 2 aromatic rings. The van der Waals surface area contributed by atoms with E-state index in [4.69, 9.17) is 9.47 Å². The van der Waals surface area contributed by atoms with E-state index >= 15 is 0 Å². The summed E-state index contributed by atoms with van der Waals surface area (Å²) in [5.41, 5.74) is 3.18. The zero-order valence-corrected chi connectivity index (χ0v) is 12.2. The first-order valence-corrected chi connectivity index (χ1v) is 6.63. The predicted octanol–water partition coefficient (Wildman–Crippen LogP) is 2.13. The van der Waals surface area contributed by atoms with Crippen molar-refractivity contribution in [1.82, 2.24) is 15.3 Å². The second-order valence-corrected chi connectivity index (χ2v) is 4.63. The van der Waals surface area contributed by atoms with E-state index in [2.05, 4.69) is 21.4 Å². The average molecular weight is 275 g/mol. The van der Waals surface area contributed by atoms with Crippen LogP contribution in [0.2, 0.25) is 0 Å². The quantitative estimate of drug-likeness (QED) is 0.760. The molecule has 0 radical (unpaired) electrons. The van der Waals surface area contributed by atoms with Gasteiger partial charge in [0.15, 0.2) is 0 Å². The van der Waals surface area contributed by atoms with E-state index in [0.29, 0.717) is 6.61 Å². The zero-order chi connectivity index (χ0) is 14.4. The molecule has 1 aromatic carbocycles. The number of methoxy groups -OCH3 is 2. The van der Waals surface area contributed by atoms with Gasteiger partial charge in [0.2, 0.25) is 0 Å². The summed E-state index contributed by atoms with van der Waals surface area (Å²) in [5, 5.41) is 3.28. The van der Waals surface area contributed by atoms with Crippen molar-refractivity contribution in [3.8, 4) is 17.1 Å². The van der Waals surface area contributed by atoms with Gasteiger partial charge in [0.05, 0.1) is 19.3 Å². The number of imidazole rings is 1. The van der Waals surface area contributed by atoms with E-state index in [1.165, 1.54) is 5.56 Å². The Morgan fingerprint density at radius 1 is 1.30 bits per heavy atom. The largest absolute Gasteiger partial charge is 0.496 e. The molecule has 2 rings (SSSR count). The van der Waals surface area contributed by atoms with Crippen molar-refractivity contribution in [3.63, 3.8) is 0 Å². The number of aryl methyl sites for hydroxylation is 1. The molecule has 108 valence electrons. The third-order valence-electron chi connectivity index (χ3n) is 3.04. The molecule has 5 heteroatoms. The Labute approximate surface area is 119 Å². The van der Waals surface area contributed by atoms with Crippen LogP contribution in [0, 0.1) is 6.92 Å². The third kappa shape index (κ3) is 3.59. The molecule has 0 amide bonds.